The lowest BCUT2D eigenvalue weighted by atomic mass is 10.1. The number of β-amino-alcohol motifs (C(OH)–C–C–N with tert-alkyl or cyclic N) is 1. The van der Waals surface area contributed by atoms with Crippen LogP contribution >= 0.6 is 0 Å². The molecule has 6 heteroatoms. The number of rotatable bonds is 5. The van der Waals surface area contributed by atoms with Crippen LogP contribution in [0.4, 0.5) is 0 Å². The molecule has 0 bridgehead atoms. The highest BCUT2D eigenvalue weighted by atomic mass is 16.5. The number of benzene rings is 2. The molecule has 1 fully saturated rings. The van der Waals surface area contributed by atoms with Crippen LogP contribution in [0, 0.1) is 6.92 Å². The van der Waals surface area contributed by atoms with Crippen molar-refractivity contribution in [3.8, 4) is 22.6 Å². The van der Waals surface area contributed by atoms with Crippen molar-refractivity contribution in [3.63, 3.8) is 0 Å². The molecule has 0 radical (unpaired) electrons. The van der Waals surface area contributed by atoms with Crippen molar-refractivity contribution in [2.24, 2.45) is 0 Å². The van der Waals surface area contributed by atoms with Crippen molar-refractivity contribution < 1.29 is 9.63 Å². The van der Waals surface area contributed by atoms with Gasteiger partial charge in [0.1, 0.15) is 0 Å². The number of hydrogen-bond donors (Lipinski definition) is 1. The summed E-state index contributed by atoms with van der Waals surface area (Å²) >= 11 is 0. The number of pyridine rings is 1. The van der Waals surface area contributed by atoms with Crippen LogP contribution in [0.25, 0.3) is 22.6 Å². The molecule has 1 aliphatic heterocycles. The summed E-state index contributed by atoms with van der Waals surface area (Å²) in [6.07, 6.45) is 1.98. The van der Waals surface area contributed by atoms with Crippen LogP contribution in [0.5, 0.6) is 0 Å². The molecule has 3 heterocycles. The van der Waals surface area contributed by atoms with E-state index in [0.717, 1.165) is 27.9 Å². The lowest BCUT2D eigenvalue weighted by Crippen LogP contribution is -2.24. The molecule has 0 spiro atoms. The minimum atomic E-state index is -0.410. The Labute approximate surface area is 181 Å². The van der Waals surface area contributed by atoms with Crippen molar-refractivity contribution in [1.82, 2.24) is 20.0 Å². The summed E-state index contributed by atoms with van der Waals surface area (Å²) in [4.78, 5) is 11.3. The van der Waals surface area contributed by atoms with Crippen molar-refractivity contribution in [2.45, 2.75) is 32.0 Å². The van der Waals surface area contributed by atoms with Gasteiger partial charge in [0, 0.05) is 30.4 Å². The van der Waals surface area contributed by atoms with E-state index in [1.807, 2.05) is 49.4 Å². The first kappa shape index (κ1) is 19.6. The second-order valence-corrected chi connectivity index (χ2v) is 8.07. The van der Waals surface area contributed by atoms with Crippen molar-refractivity contribution in [2.75, 3.05) is 6.54 Å². The van der Waals surface area contributed by atoms with Crippen molar-refractivity contribution in [1.29, 1.82) is 0 Å². The van der Waals surface area contributed by atoms with E-state index < -0.39 is 6.10 Å². The van der Waals surface area contributed by atoms with E-state index in [1.165, 1.54) is 0 Å². The van der Waals surface area contributed by atoms with Crippen molar-refractivity contribution >= 4 is 0 Å². The van der Waals surface area contributed by atoms with Gasteiger partial charge in [-0.05, 0) is 37.1 Å². The fourth-order valence-electron chi connectivity index (χ4n) is 4.13. The Kier molecular flexibility index (Phi) is 5.32. The highest BCUT2D eigenvalue weighted by Crippen LogP contribution is 2.34. The zero-order valence-electron chi connectivity index (χ0n) is 17.3. The molecule has 0 amide bonds. The van der Waals surface area contributed by atoms with Gasteiger partial charge in [-0.25, -0.2) is 0 Å². The number of nitrogens with zero attached hydrogens (tertiary/aromatic N) is 4. The molecule has 0 saturated carbocycles. The normalized spacial score (nSPS) is 19.0. The summed E-state index contributed by atoms with van der Waals surface area (Å²) in [5.74, 6) is 1.14. The number of aryl methyl sites for hydroxylation is 1. The monoisotopic (exact) mass is 412 g/mol. The Morgan fingerprint density at radius 1 is 1.03 bits per heavy atom. The van der Waals surface area contributed by atoms with Gasteiger partial charge in [-0.3, -0.25) is 9.88 Å². The zero-order valence-corrected chi connectivity index (χ0v) is 17.3. The van der Waals surface area contributed by atoms with E-state index in [-0.39, 0.29) is 6.04 Å². The number of aliphatic hydroxyl groups is 1. The number of likely N-dealkylation sites (tertiary alicyclic amines) is 1. The lowest BCUT2D eigenvalue weighted by Gasteiger charge is -2.21. The Bertz CT molecular complexity index is 1160. The molecule has 156 valence electrons. The molecule has 4 aromatic rings. The highest BCUT2D eigenvalue weighted by molar-refractivity contribution is 5.59. The first-order valence-electron chi connectivity index (χ1n) is 10.5. The lowest BCUT2D eigenvalue weighted by molar-refractivity contribution is 0.169. The summed E-state index contributed by atoms with van der Waals surface area (Å²) in [6, 6.07) is 22.2. The van der Waals surface area contributed by atoms with Gasteiger partial charge in [-0.15, -0.1) is 0 Å². The van der Waals surface area contributed by atoms with Crippen LogP contribution in [0.2, 0.25) is 0 Å². The first-order valence-corrected chi connectivity index (χ1v) is 10.5. The molecule has 1 aliphatic rings. The predicted molar refractivity (Wildman–Crippen MR) is 118 cm³/mol. The van der Waals surface area contributed by atoms with Gasteiger partial charge < -0.3 is 9.63 Å². The standard InChI is InChI=1S/C25H24N4O2/c1-17-5-4-6-20(13-17)24-27-25(31-28-24)23-14-21(30)16-29(23)15-18-8-10-19(11-9-18)22-7-2-3-12-26-22/h2-13,21,23,30H,14-16H2,1H3/t21-,23+/m1/s1. The van der Waals surface area contributed by atoms with Crippen LogP contribution in [0.1, 0.15) is 29.5 Å². The maximum Gasteiger partial charge on any atom is 0.244 e. The first-order chi connectivity index (χ1) is 15.2. The molecular weight excluding hydrogens is 388 g/mol. The summed E-state index contributed by atoms with van der Waals surface area (Å²) in [5.41, 5.74) is 5.29. The second kappa shape index (κ2) is 8.41. The molecule has 5 rings (SSSR count). The Morgan fingerprint density at radius 2 is 1.90 bits per heavy atom. The van der Waals surface area contributed by atoms with Crippen LogP contribution in [-0.4, -0.2) is 37.8 Å². The Balaban J connectivity index is 1.34. The van der Waals surface area contributed by atoms with Gasteiger partial charge in [0.05, 0.1) is 17.8 Å². The molecule has 2 aromatic carbocycles. The Morgan fingerprint density at radius 3 is 2.68 bits per heavy atom. The second-order valence-electron chi connectivity index (χ2n) is 8.07. The highest BCUT2D eigenvalue weighted by Gasteiger charge is 2.36. The van der Waals surface area contributed by atoms with E-state index >= 15 is 0 Å². The van der Waals surface area contributed by atoms with Crippen LogP contribution in [0.3, 0.4) is 0 Å². The van der Waals surface area contributed by atoms with Gasteiger partial charge in [0.25, 0.3) is 0 Å². The number of aliphatic hydroxyl groups excluding tert-OH is 1. The fraction of sp³-hybridized carbons (Fsp3) is 0.240. The van der Waals surface area contributed by atoms with Gasteiger partial charge >= 0.3 is 0 Å². The summed E-state index contributed by atoms with van der Waals surface area (Å²) in [6.45, 7) is 3.32. The van der Waals surface area contributed by atoms with Gasteiger partial charge in [0.2, 0.25) is 11.7 Å². The fourth-order valence-corrected chi connectivity index (χ4v) is 4.13. The minimum absolute atomic E-state index is 0.100. The number of aromatic nitrogens is 3. The smallest absolute Gasteiger partial charge is 0.244 e. The third-order valence-electron chi connectivity index (χ3n) is 5.68. The molecule has 2 aromatic heterocycles. The maximum absolute atomic E-state index is 10.3. The summed E-state index contributed by atoms with van der Waals surface area (Å²) in [5, 5.41) is 14.5. The van der Waals surface area contributed by atoms with Crippen molar-refractivity contribution in [3.05, 3.63) is 89.9 Å². The van der Waals surface area contributed by atoms with E-state index in [0.29, 0.717) is 31.2 Å². The van der Waals surface area contributed by atoms with E-state index in [4.69, 9.17) is 4.52 Å². The minimum Gasteiger partial charge on any atom is -0.392 e. The molecule has 2 atom stereocenters. The van der Waals surface area contributed by atoms with Gasteiger partial charge in [-0.1, -0.05) is 59.3 Å². The molecule has 0 aliphatic carbocycles. The molecule has 1 saturated heterocycles. The maximum atomic E-state index is 10.3. The third kappa shape index (κ3) is 4.26. The molecular formula is C25H24N4O2. The zero-order chi connectivity index (χ0) is 21.2. The predicted octanol–water partition coefficient (Wildman–Crippen LogP) is 4.41. The molecule has 1 N–H and O–H groups in total. The number of hydrogen-bond acceptors (Lipinski definition) is 6. The molecule has 6 nitrogen and oxygen atoms in total. The van der Waals surface area contributed by atoms with Gasteiger partial charge in [-0.2, -0.15) is 4.98 Å². The third-order valence-corrected chi connectivity index (χ3v) is 5.68. The molecule has 31 heavy (non-hydrogen) atoms. The van der Waals surface area contributed by atoms with E-state index in [2.05, 4.69) is 44.3 Å². The Hall–Kier alpha value is -3.35. The SMILES string of the molecule is Cc1cccc(-c2noc([C@@H]3C[C@@H](O)CN3Cc3ccc(-c4ccccn4)cc3)n2)c1. The van der Waals surface area contributed by atoms with Crippen LogP contribution < -0.4 is 0 Å². The average Bonchev–Trinajstić information content (AvgIpc) is 3.42. The van der Waals surface area contributed by atoms with E-state index in [1.54, 1.807) is 6.20 Å². The van der Waals surface area contributed by atoms with E-state index in [9.17, 15) is 5.11 Å². The van der Waals surface area contributed by atoms with Crippen LogP contribution in [0.15, 0.2) is 77.4 Å². The largest absolute Gasteiger partial charge is 0.392 e. The molecule has 0 unspecified atom stereocenters. The summed E-state index contributed by atoms with van der Waals surface area (Å²) < 4.78 is 5.61. The van der Waals surface area contributed by atoms with Gasteiger partial charge in [0.15, 0.2) is 0 Å². The quantitative estimate of drug-likeness (QED) is 0.523. The summed E-state index contributed by atoms with van der Waals surface area (Å²) in [7, 11) is 0. The topological polar surface area (TPSA) is 75.3 Å². The average molecular weight is 412 g/mol. The van der Waals surface area contributed by atoms with Crippen LogP contribution in [-0.2, 0) is 6.54 Å².